The first-order valence-electron chi connectivity index (χ1n) is 5.60. The zero-order valence-corrected chi connectivity index (χ0v) is 12.9. The second-order valence-electron chi connectivity index (χ2n) is 4.32. The van der Waals surface area contributed by atoms with Gasteiger partial charge in [-0.25, -0.2) is 4.98 Å². The predicted octanol–water partition coefficient (Wildman–Crippen LogP) is 2.02. The summed E-state index contributed by atoms with van der Waals surface area (Å²) >= 11 is 1.40. The van der Waals surface area contributed by atoms with E-state index in [1.807, 2.05) is 6.92 Å². The van der Waals surface area contributed by atoms with Crippen molar-refractivity contribution in [2.45, 2.75) is 26.3 Å². The molecule has 104 valence electrons. The molecule has 7 heteroatoms. The van der Waals surface area contributed by atoms with E-state index < -0.39 is 0 Å². The summed E-state index contributed by atoms with van der Waals surface area (Å²) in [6, 6.07) is 0.239. The Kier molecular flexibility index (Phi) is 7.78. The Morgan fingerprint density at radius 2 is 2.28 bits per heavy atom. The molecule has 0 radical (unpaired) electrons. The molecule has 4 nitrogen and oxygen atoms in total. The average molecular weight is 312 g/mol. The lowest BCUT2D eigenvalue weighted by Gasteiger charge is -2.30. The predicted molar refractivity (Wildman–Crippen MR) is 79.3 cm³/mol. The van der Waals surface area contributed by atoms with Crippen LogP contribution in [0.1, 0.15) is 28.7 Å². The van der Waals surface area contributed by atoms with E-state index in [9.17, 15) is 4.79 Å². The van der Waals surface area contributed by atoms with Crippen molar-refractivity contribution in [3.05, 3.63) is 16.1 Å². The third kappa shape index (κ3) is 4.09. The van der Waals surface area contributed by atoms with Crippen molar-refractivity contribution in [3.8, 4) is 0 Å². The Morgan fingerprint density at radius 1 is 1.56 bits per heavy atom. The number of nitrogens with zero attached hydrogens (tertiary/aromatic N) is 1. The molecule has 1 aromatic heterocycles. The summed E-state index contributed by atoms with van der Waals surface area (Å²) in [5.41, 5.74) is 2.53. The van der Waals surface area contributed by atoms with E-state index >= 15 is 0 Å². The molecule has 1 aromatic rings. The average Bonchev–Trinajstić information content (AvgIpc) is 2.68. The van der Waals surface area contributed by atoms with Crippen LogP contribution in [0.4, 0.5) is 0 Å². The fourth-order valence-corrected chi connectivity index (χ4v) is 2.64. The van der Waals surface area contributed by atoms with Gasteiger partial charge in [-0.05, 0) is 25.8 Å². The van der Waals surface area contributed by atoms with E-state index in [0.29, 0.717) is 5.92 Å². The van der Waals surface area contributed by atoms with Crippen LogP contribution in [0, 0.1) is 12.8 Å². The quantitative estimate of drug-likeness (QED) is 0.878. The van der Waals surface area contributed by atoms with Crippen LogP contribution in [-0.2, 0) is 0 Å². The number of piperidine rings is 1. The fraction of sp³-hybridized carbons (Fsp3) is 0.636. The molecule has 1 fully saturated rings. The molecule has 1 aliphatic rings. The first-order valence-corrected chi connectivity index (χ1v) is 6.48. The molecule has 18 heavy (non-hydrogen) atoms. The minimum Gasteiger partial charge on any atom is -0.347 e. The maximum Gasteiger partial charge on any atom is 0.263 e. The van der Waals surface area contributed by atoms with Crippen molar-refractivity contribution in [2.75, 3.05) is 13.1 Å². The van der Waals surface area contributed by atoms with Gasteiger partial charge in [0.2, 0.25) is 0 Å². The highest BCUT2D eigenvalue weighted by molar-refractivity contribution is 7.11. The SMILES string of the molecule is Cc1ncsc1C(=O)NC1CNCCC1C.Cl.Cl. The number of halogens is 2. The van der Waals surface area contributed by atoms with Crippen LogP contribution >= 0.6 is 36.2 Å². The number of aromatic nitrogens is 1. The van der Waals surface area contributed by atoms with Crippen LogP contribution in [0.15, 0.2) is 5.51 Å². The Hall–Kier alpha value is -0.360. The molecule has 0 aliphatic carbocycles. The molecular weight excluding hydrogens is 293 g/mol. The number of rotatable bonds is 2. The molecule has 2 rings (SSSR count). The van der Waals surface area contributed by atoms with E-state index in [4.69, 9.17) is 0 Å². The Balaban J connectivity index is 0.00000144. The minimum absolute atomic E-state index is 0. The van der Waals surface area contributed by atoms with Gasteiger partial charge in [-0.2, -0.15) is 0 Å². The molecule has 2 atom stereocenters. The maximum absolute atomic E-state index is 12.0. The van der Waals surface area contributed by atoms with Gasteiger partial charge >= 0.3 is 0 Å². The van der Waals surface area contributed by atoms with E-state index in [0.717, 1.165) is 30.1 Å². The number of nitrogens with one attached hydrogen (secondary N) is 2. The second kappa shape index (κ2) is 7.94. The van der Waals surface area contributed by atoms with Gasteiger partial charge < -0.3 is 10.6 Å². The number of amides is 1. The van der Waals surface area contributed by atoms with Crippen LogP contribution in [0.25, 0.3) is 0 Å². The van der Waals surface area contributed by atoms with Gasteiger partial charge in [-0.1, -0.05) is 6.92 Å². The molecule has 2 unspecified atom stereocenters. The molecule has 0 spiro atoms. The first-order chi connectivity index (χ1) is 7.68. The second-order valence-corrected chi connectivity index (χ2v) is 5.17. The topological polar surface area (TPSA) is 54.0 Å². The lowest BCUT2D eigenvalue weighted by molar-refractivity contribution is 0.0918. The molecule has 1 aliphatic heterocycles. The van der Waals surface area contributed by atoms with Gasteiger partial charge in [-0.15, -0.1) is 36.2 Å². The first kappa shape index (κ1) is 17.6. The Labute approximate surface area is 124 Å². The molecule has 1 amide bonds. The fourth-order valence-electron chi connectivity index (χ4n) is 1.94. The van der Waals surface area contributed by atoms with Gasteiger partial charge in [0, 0.05) is 12.6 Å². The molecule has 0 bridgehead atoms. The van der Waals surface area contributed by atoms with Crippen molar-refractivity contribution in [1.82, 2.24) is 15.6 Å². The normalized spacial score (nSPS) is 22.6. The number of thiazole rings is 1. The van der Waals surface area contributed by atoms with Crippen molar-refractivity contribution in [2.24, 2.45) is 5.92 Å². The number of hydrogen-bond acceptors (Lipinski definition) is 4. The van der Waals surface area contributed by atoms with Crippen molar-refractivity contribution in [3.63, 3.8) is 0 Å². The zero-order valence-electron chi connectivity index (χ0n) is 10.4. The lowest BCUT2D eigenvalue weighted by atomic mass is 9.95. The van der Waals surface area contributed by atoms with E-state index in [-0.39, 0.29) is 36.8 Å². The van der Waals surface area contributed by atoms with Gasteiger partial charge in [0.25, 0.3) is 5.91 Å². The minimum atomic E-state index is 0. The third-order valence-electron chi connectivity index (χ3n) is 3.10. The Bertz CT molecular complexity index is 386. The standard InChI is InChI=1S/C11H17N3OS.2ClH/c1-7-3-4-12-5-9(7)14-11(15)10-8(2)13-6-16-10;;/h6-7,9,12H,3-5H2,1-2H3,(H,14,15);2*1H. The van der Waals surface area contributed by atoms with Gasteiger partial charge in [0.1, 0.15) is 4.88 Å². The summed E-state index contributed by atoms with van der Waals surface area (Å²) in [4.78, 5) is 16.8. The number of carbonyl (C=O) groups is 1. The highest BCUT2D eigenvalue weighted by Gasteiger charge is 2.24. The van der Waals surface area contributed by atoms with Crippen LogP contribution in [0.5, 0.6) is 0 Å². The van der Waals surface area contributed by atoms with Gasteiger partial charge in [0.15, 0.2) is 0 Å². The summed E-state index contributed by atoms with van der Waals surface area (Å²) in [5, 5.41) is 6.38. The summed E-state index contributed by atoms with van der Waals surface area (Å²) in [6.07, 6.45) is 1.12. The smallest absolute Gasteiger partial charge is 0.263 e. The maximum atomic E-state index is 12.0. The highest BCUT2D eigenvalue weighted by atomic mass is 35.5. The summed E-state index contributed by atoms with van der Waals surface area (Å²) in [5.74, 6) is 0.555. The van der Waals surface area contributed by atoms with E-state index in [2.05, 4.69) is 22.5 Å². The van der Waals surface area contributed by atoms with Crippen molar-refractivity contribution in [1.29, 1.82) is 0 Å². The summed E-state index contributed by atoms with van der Waals surface area (Å²) < 4.78 is 0. The monoisotopic (exact) mass is 311 g/mol. The Morgan fingerprint density at radius 3 is 2.83 bits per heavy atom. The zero-order chi connectivity index (χ0) is 11.5. The van der Waals surface area contributed by atoms with Crippen LogP contribution in [-0.4, -0.2) is 30.0 Å². The molecular formula is C11H19Cl2N3OS. The van der Waals surface area contributed by atoms with Crippen molar-refractivity contribution < 1.29 is 4.79 Å². The molecule has 0 saturated carbocycles. The van der Waals surface area contributed by atoms with Gasteiger partial charge in [0.05, 0.1) is 11.2 Å². The molecule has 0 aromatic carbocycles. The summed E-state index contributed by atoms with van der Waals surface area (Å²) in [7, 11) is 0. The van der Waals surface area contributed by atoms with Crippen LogP contribution < -0.4 is 10.6 Å². The highest BCUT2D eigenvalue weighted by Crippen LogP contribution is 2.15. The number of carbonyl (C=O) groups excluding carboxylic acids is 1. The number of hydrogen-bond donors (Lipinski definition) is 2. The van der Waals surface area contributed by atoms with Crippen LogP contribution in [0.3, 0.4) is 0 Å². The molecule has 2 N–H and O–H groups in total. The molecule has 1 saturated heterocycles. The molecule has 2 heterocycles. The third-order valence-corrected chi connectivity index (χ3v) is 4.02. The van der Waals surface area contributed by atoms with E-state index in [1.54, 1.807) is 5.51 Å². The lowest BCUT2D eigenvalue weighted by Crippen LogP contribution is -2.50. The van der Waals surface area contributed by atoms with Crippen LogP contribution in [0.2, 0.25) is 0 Å². The largest absolute Gasteiger partial charge is 0.347 e. The summed E-state index contributed by atoms with van der Waals surface area (Å²) in [6.45, 7) is 5.97. The van der Waals surface area contributed by atoms with Crippen molar-refractivity contribution >= 4 is 42.1 Å². The van der Waals surface area contributed by atoms with E-state index in [1.165, 1.54) is 11.3 Å². The number of aryl methyl sites for hydroxylation is 1. The van der Waals surface area contributed by atoms with Gasteiger partial charge in [-0.3, -0.25) is 4.79 Å².